The maximum absolute atomic E-state index is 12.4. The molecule has 0 saturated heterocycles. The van der Waals surface area contributed by atoms with Gasteiger partial charge in [-0.1, -0.05) is 17.7 Å². The van der Waals surface area contributed by atoms with Gasteiger partial charge in [0.2, 0.25) is 0 Å². The first-order valence-corrected chi connectivity index (χ1v) is 8.32. The number of methoxy groups -OCH3 is 4. The molecular formula is C19H22ClNO5. The highest BCUT2D eigenvalue weighted by atomic mass is 35.5. The highest BCUT2D eigenvalue weighted by Crippen LogP contribution is 2.36. The summed E-state index contributed by atoms with van der Waals surface area (Å²) in [7, 11) is 6.16. The van der Waals surface area contributed by atoms with E-state index >= 15 is 0 Å². The Balaban J connectivity index is 2.02. The van der Waals surface area contributed by atoms with E-state index in [2.05, 4.69) is 5.32 Å². The van der Waals surface area contributed by atoms with Gasteiger partial charge in [-0.15, -0.1) is 0 Å². The van der Waals surface area contributed by atoms with Crippen LogP contribution in [0.15, 0.2) is 30.3 Å². The molecule has 140 valence electrons. The minimum absolute atomic E-state index is 0.242. The third-order valence-corrected chi connectivity index (χ3v) is 4.12. The molecule has 0 saturated carbocycles. The summed E-state index contributed by atoms with van der Waals surface area (Å²) in [4.78, 5) is 12.4. The number of rotatable bonds is 8. The molecule has 1 N–H and O–H groups in total. The van der Waals surface area contributed by atoms with Crippen molar-refractivity contribution in [1.82, 2.24) is 5.32 Å². The average Bonchev–Trinajstić information content (AvgIpc) is 2.66. The fraction of sp³-hybridized carbons (Fsp3) is 0.316. The Bertz CT molecular complexity index is 779. The van der Waals surface area contributed by atoms with Gasteiger partial charge in [-0.25, -0.2) is 0 Å². The molecule has 2 aromatic carbocycles. The molecule has 0 atom stereocenters. The summed E-state index contributed by atoms with van der Waals surface area (Å²) in [5.41, 5.74) is 1.42. The predicted molar refractivity (Wildman–Crippen MR) is 100 cm³/mol. The Morgan fingerprint density at radius 3 is 2.23 bits per heavy atom. The molecule has 0 spiro atoms. The van der Waals surface area contributed by atoms with E-state index in [4.69, 9.17) is 30.5 Å². The molecule has 7 heteroatoms. The fourth-order valence-electron chi connectivity index (χ4n) is 2.51. The van der Waals surface area contributed by atoms with E-state index in [0.29, 0.717) is 46.5 Å². The van der Waals surface area contributed by atoms with Crippen molar-refractivity contribution in [2.75, 3.05) is 35.0 Å². The quantitative estimate of drug-likeness (QED) is 0.762. The van der Waals surface area contributed by atoms with E-state index in [1.807, 2.05) is 18.2 Å². The van der Waals surface area contributed by atoms with Crippen LogP contribution in [0.3, 0.4) is 0 Å². The molecule has 1 amide bonds. The summed E-state index contributed by atoms with van der Waals surface area (Å²) in [6.45, 7) is 0.459. The summed E-state index contributed by atoms with van der Waals surface area (Å²) >= 11 is 6.14. The lowest BCUT2D eigenvalue weighted by molar-refractivity contribution is 0.0953. The first-order chi connectivity index (χ1) is 12.5. The molecular weight excluding hydrogens is 358 g/mol. The van der Waals surface area contributed by atoms with Crippen molar-refractivity contribution in [3.8, 4) is 23.0 Å². The average molecular weight is 380 g/mol. The van der Waals surface area contributed by atoms with Gasteiger partial charge in [-0.3, -0.25) is 4.79 Å². The predicted octanol–water partition coefficient (Wildman–Crippen LogP) is 3.35. The van der Waals surface area contributed by atoms with Crippen molar-refractivity contribution in [1.29, 1.82) is 0 Å². The van der Waals surface area contributed by atoms with Crippen LogP contribution in [0, 0.1) is 0 Å². The lowest BCUT2D eigenvalue weighted by Crippen LogP contribution is -2.25. The number of halogens is 1. The Kier molecular flexibility index (Phi) is 6.97. The van der Waals surface area contributed by atoms with Gasteiger partial charge in [-0.05, 0) is 36.2 Å². The number of ether oxygens (including phenoxy) is 4. The monoisotopic (exact) mass is 379 g/mol. The van der Waals surface area contributed by atoms with Crippen LogP contribution in [-0.2, 0) is 6.42 Å². The van der Waals surface area contributed by atoms with Crippen molar-refractivity contribution in [2.24, 2.45) is 0 Å². The van der Waals surface area contributed by atoms with Crippen molar-refractivity contribution in [3.63, 3.8) is 0 Å². The number of carbonyl (C=O) groups is 1. The molecule has 0 unspecified atom stereocenters. The second kappa shape index (κ2) is 9.20. The van der Waals surface area contributed by atoms with Gasteiger partial charge in [0.15, 0.2) is 23.0 Å². The second-order valence-electron chi connectivity index (χ2n) is 5.39. The van der Waals surface area contributed by atoms with Crippen molar-refractivity contribution >= 4 is 17.5 Å². The summed E-state index contributed by atoms with van der Waals surface area (Å²) in [5, 5.41) is 3.18. The van der Waals surface area contributed by atoms with Crippen molar-refractivity contribution in [3.05, 3.63) is 46.5 Å². The molecule has 0 heterocycles. The Labute approximate surface area is 158 Å². The SMILES string of the molecule is COc1ccc(CCNC(=O)c2cc(Cl)c(OC)c(OC)c2)cc1OC. The zero-order valence-electron chi connectivity index (χ0n) is 15.2. The summed E-state index contributed by atoms with van der Waals surface area (Å²) in [6.07, 6.45) is 0.646. The fourth-order valence-corrected chi connectivity index (χ4v) is 2.80. The van der Waals surface area contributed by atoms with Crippen LogP contribution in [0.2, 0.25) is 5.02 Å². The standard InChI is InChI=1S/C19H22ClNO5/c1-23-15-6-5-12(9-16(15)24-2)7-8-21-19(22)13-10-14(20)18(26-4)17(11-13)25-3/h5-6,9-11H,7-8H2,1-4H3,(H,21,22). The number of hydrogen-bond acceptors (Lipinski definition) is 5. The first kappa shape index (κ1) is 19.7. The van der Waals surface area contributed by atoms with Gasteiger partial charge in [0, 0.05) is 12.1 Å². The number of hydrogen-bond donors (Lipinski definition) is 1. The van der Waals surface area contributed by atoms with Crippen molar-refractivity contribution in [2.45, 2.75) is 6.42 Å². The Hall–Kier alpha value is -2.60. The van der Waals surface area contributed by atoms with Crippen LogP contribution < -0.4 is 24.3 Å². The van der Waals surface area contributed by atoms with Gasteiger partial charge in [-0.2, -0.15) is 0 Å². The molecule has 0 bridgehead atoms. The van der Waals surface area contributed by atoms with Crippen molar-refractivity contribution < 1.29 is 23.7 Å². The normalized spacial score (nSPS) is 10.2. The molecule has 0 aliphatic carbocycles. The molecule has 26 heavy (non-hydrogen) atoms. The van der Waals surface area contributed by atoms with Gasteiger partial charge >= 0.3 is 0 Å². The topological polar surface area (TPSA) is 66.0 Å². The zero-order chi connectivity index (χ0) is 19.1. The molecule has 0 fully saturated rings. The first-order valence-electron chi connectivity index (χ1n) is 7.94. The largest absolute Gasteiger partial charge is 0.493 e. The van der Waals surface area contributed by atoms with E-state index in [-0.39, 0.29) is 5.91 Å². The molecule has 2 rings (SSSR count). The molecule has 0 radical (unpaired) electrons. The van der Waals surface area contributed by atoms with Gasteiger partial charge in [0.1, 0.15) is 0 Å². The maximum atomic E-state index is 12.4. The van der Waals surface area contributed by atoms with E-state index in [0.717, 1.165) is 5.56 Å². The van der Waals surface area contributed by atoms with E-state index in [9.17, 15) is 4.79 Å². The Morgan fingerprint density at radius 2 is 1.62 bits per heavy atom. The number of nitrogens with one attached hydrogen (secondary N) is 1. The minimum atomic E-state index is -0.242. The summed E-state index contributed by atoms with van der Waals surface area (Å²) < 4.78 is 20.9. The van der Waals surface area contributed by atoms with Crippen LogP contribution in [0.1, 0.15) is 15.9 Å². The van der Waals surface area contributed by atoms with Gasteiger partial charge in [0.25, 0.3) is 5.91 Å². The Morgan fingerprint density at radius 1 is 0.923 bits per heavy atom. The van der Waals surface area contributed by atoms with E-state index < -0.39 is 0 Å². The van der Waals surface area contributed by atoms with Crippen LogP contribution in [-0.4, -0.2) is 40.9 Å². The van der Waals surface area contributed by atoms with Crippen LogP contribution in [0.25, 0.3) is 0 Å². The van der Waals surface area contributed by atoms with E-state index in [1.54, 1.807) is 26.4 Å². The molecule has 0 aliphatic rings. The molecule has 0 aliphatic heterocycles. The number of carbonyl (C=O) groups excluding carboxylic acids is 1. The minimum Gasteiger partial charge on any atom is -0.493 e. The lowest BCUT2D eigenvalue weighted by atomic mass is 10.1. The molecule has 0 aromatic heterocycles. The van der Waals surface area contributed by atoms with E-state index in [1.165, 1.54) is 14.2 Å². The molecule has 6 nitrogen and oxygen atoms in total. The highest BCUT2D eigenvalue weighted by molar-refractivity contribution is 6.32. The zero-order valence-corrected chi connectivity index (χ0v) is 16.0. The summed E-state index contributed by atoms with van der Waals surface area (Å²) in [5.74, 6) is 1.89. The molecule has 2 aromatic rings. The number of benzene rings is 2. The number of amides is 1. The van der Waals surface area contributed by atoms with Gasteiger partial charge in [0.05, 0.1) is 33.5 Å². The maximum Gasteiger partial charge on any atom is 0.251 e. The van der Waals surface area contributed by atoms with Crippen LogP contribution in [0.5, 0.6) is 23.0 Å². The van der Waals surface area contributed by atoms with Crippen LogP contribution in [0.4, 0.5) is 0 Å². The third-order valence-electron chi connectivity index (χ3n) is 3.84. The lowest BCUT2D eigenvalue weighted by Gasteiger charge is -2.12. The summed E-state index contributed by atoms with van der Waals surface area (Å²) in [6, 6.07) is 8.80. The highest BCUT2D eigenvalue weighted by Gasteiger charge is 2.15. The third kappa shape index (κ3) is 4.52. The van der Waals surface area contributed by atoms with Crippen LogP contribution >= 0.6 is 11.6 Å². The second-order valence-corrected chi connectivity index (χ2v) is 5.80. The van der Waals surface area contributed by atoms with Gasteiger partial charge < -0.3 is 24.3 Å². The smallest absolute Gasteiger partial charge is 0.251 e.